The molecule has 2 aromatic heterocycles. The first-order chi connectivity index (χ1) is 15.0. The Bertz CT molecular complexity index is 1370. The summed E-state index contributed by atoms with van der Waals surface area (Å²) in [5, 5.41) is 1.46. The summed E-state index contributed by atoms with van der Waals surface area (Å²) >= 11 is 1.34. The van der Waals surface area contributed by atoms with Crippen LogP contribution < -0.4 is 5.56 Å². The molecule has 6 nitrogen and oxygen atoms in total. The smallest absolute Gasteiger partial charge is 0.283 e. The summed E-state index contributed by atoms with van der Waals surface area (Å²) in [6, 6.07) is 13.7. The third-order valence-corrected chi connectivity index (χ3v) is 7.02. The van der Waals surface area contributed by atoms with Crippen molar-refractivity contribution in [2.45, 2.75) is 31.8 Å². The fraction of sp³-hybridized carbons (Fsp3) is 0.292. The zero-order valence-corrected chi connectivity index (χ0v) is 18.5. The molecule has 0 unspecified atom stereocenters. The Morgan fingerprint density at radius 3 is 2.68 bits per heavy atom. The third-order valence-electron chi connectivity index (χ3n) is 6.09. The first-order valence-corrected chi connectivity index (χ1v) is 11.5. The number of nitrogens with zero attached hydrogens (tertiary/aromatic N) is 3. The lowest BCUT2D eigenvalue weighted by atomic mass is 10.1. The van der Waals surface area contributed by atoms with Crippen molar-refractivity contribution in [3.8, 4) is 5.69 Å². The molecule has 1 fully saturated rings. The fourth-order valence-electron chi connectivity index (χ4n) is 4.21. The van der Waals surface area contributed by atoms with Gasteiger partial charge in [0, 0.05) is 24.0 Å². The molecular weight excluding hydrogens is 408 g/mol. The van der Waals surface area contributed by atoms with Gasteiger partial charge in [-0.3, -0.25) is 14.2 Å². The molecule has 7 heteroatoms. The zero-order chi connectivity index (χ0) is 21.5. The molecule has 5 rings (SSSR count). The maximum Gasteiger partial charge on any atom is 0.283 e. The van der Waals surface area contributed by atoms with Gasteiger partial charge in [-0.2, -0.15) is 0 Å². The second-order valence-corrected chi connectivity index (χ2v) is 8.97. The Balaban J connectivity index is 1.68. The maximum atomic E-state index is 13.7. The lowest BCUT2D eigenvalue weighted by Gasteiger charge is -2.17. The summed E-state index contributed by atoms with van der Waals surface area (Å²) in [5.74, 6) is 0.369. The Labute approximate surface area is 184 Å². The average molecular weight is 433 g/mol. The van der Waals surface area contributed by atoms with Gasteiger partial charge in [0.1, 0.15) is 11.0 Å². The van der Waals surface area contributed by atoms with Gasteiger partial charge in [-0.15, -0.1) is 0 Å². The molecule has 1 aliphatic heterocycles. The van der Waals surface area contributed by atoms with E-state index in [2.05, 4.69) is 4.98 Å². The minimum absolute atomic E-state index is 0.100. The molecule has 31 heavy (non-hydrogen) atoms. The Kier molecular flexibility index (Phi) is 5.06. The minimum atomic E-state index is -0.147. The van der Waals surface area contributed by atoms with Gasteiger partial charge in [-0.25, -0.2) is 4.98 Å². The highest BCUT2D eigenvalue weighted by atomic mass is 32.2. The third kappa shape index (κ3) is 3.43. The Hall–Kier alpha value is -3.06. The van der Waals surface area contributed by atoms with Crippen molar-refractivity contribution in [3.05, 3.63) is 63.9 Å². The number of amides is 1. The lowest BCUT2D eigenvalue weighted by Crippen LogP contribution is -2.30. The van der Waals surface area contributed by atoms with E-state index in [0.29, 0.717) is 16.2 Å². The van der Waals surface area contributed by atoms with E-state index in [0.717, 1.165) is 53.6 Å². The fourth-order valence-corrected chi connectivity index (χ4v) is 5.11. The molecule has 0 saturated carbocycles. The molecule has 3 heterocycles. The average Bonchev–Trinajstić information content (AvgIpc) is 3.43. The molecule has 158 valence electrons. The van der Waals surface area contributed by atoms with Crippen LogP contribution in [0, 0.1) is 13.8 Å². The van der Waals surface area contributed by atoms with Gasteiger partial charge >= 0.3 is 0 Å². The first kappa shape index (κ1) is 19.9. The monoisotopic (exact) mass is 432 g/mol. The number of rotatable bonds is 4. The molecule has 0 bridgehead atoms. The number of para-hydroxylation sites is 1. The standard InChI is InChI=1S/C24H24N4O2S/c1-15-8-7-11-19(16(15)2)28-23(30)22-21(17-9-3-4-10-18(17)25-22)26-24(28)31-14-20(29)27-12-5-6-13-27/h3-4,7-11,25H,5-6,12-14H2,1-2H3. The molecule has 0 aliphatic carbocycles. The predicted molar refractivity (Wildman–Crippen MR) is 125 cm³/mol. The maximum absolute atomic E-state index is 13.7. The topological polar surface area (TPSA) is 71.0 Å². The van der Waals surface area contributed by atoms with E-state index in [1.165, 1.54) is 11.8 Å². The highest BCUT2D eigenvalue weighted by molar-refractivity contribution is 7.99. The van der Waals surface area contributed by atoms with Crippen LogP contribution in [0.2, 0.25) is 0 Å². The van der Waals surface area contributed by atoms with Crippen molar-refractivity contribution >= 4 is 39.6 Å². The van der Waals surface area contributed by atoms with Crippen LogP contribution in [0.5, 0.6) is 0 Å². The number of aromatic nitrogens is 3. The molecule has 4 aromatic rings. The Morgan fingerprint density at radius 2 is 1.87 bits per heavy atom. The molecular formula is C24H24N4O2S. The SMILES string of the molecule is Cc1cccc(-n2c(SCC(=O)N3CCCC3)nc3c([nH]c4ccccc43)c2=O)c1C. The summed E-state index contributed by atoms with van der Waals surface area (Å²) < 4.78 is 1.65. The number of benzene rings is 2. The van der Waals surface area contributed by atoms with Crippen LogP contribution >= 0.6 is 11.8 Å². The molecule has 0 spiro atoms. The van der Waals surface area contributed by atoms with Crippen LogP contribution in [0.1, 0.15) is 24.0 Å². The quantitative estimate of drug-likeness (QED) is 0.388. The van der Waals surface area contributed by atoms with Crippen LogP contribution in [-0.4, -0.2) is 44.2 Å². The summed E-state index contributed by atoms with van der Waals surface area (Å²) in [5.41, 5.74) is 4.79. The number of nitrogens with one attached hydrogen (secondary N) is 1. The van der Waals surface area contributed by atoms with Gasteiger partial charge in [0.25, 0.3) is 5.56 Å². The van der Waals surface area contributed by atoms with Crippen molar-refractivity contribution in [1.29, 1.82) is 0 Å². The van der Waals surface area contributed by atoms with Crippen molar-refractivity contribution in [2.24, 2.45) is 0 Å². The highest BCUT2D eigenvalue weighted by Gasteiger charge is 2.22. The molecule has 0 atom stereocenters. The van der Waals surface area contributed by atoms with E-state index >= 15 is 0 Å². The zero-order valence-electron chi connectivity index (χ0n) is 17.6. The van der Waals surface area contributed by atoms with E-state index in [9.17, 15) is 9.59 Å². The summed E-state index contributed by atoms with van der Waals surface area (Å²) in [7, 11) is 0. The number of aromatic amines is 1. The number of H-pyrrole nitrogens is 1. The van der Waals surface area contributed by atoms with E-state index in [1.54, 1.807) is 4.57 Å². The number of likely N-dealkylation sites (tertiary alicyclic amines) is 1. The van der Waals surface area contributed by atoms with Gasteiger partial charge < -0.3 is 9.88 Å². The van der Waals surface area contributed by atoms with E-state index in [4.69, 9.17) is 4.98 Å². The second-order valence-electron chi connectivity index (χ2n) is 8.02. The predicted octanol–water partition coefficient (Wildman–Crippen LogP) is 4.20. The van der Waals surface area contributed by atoms with E-state index in [-0.39, 0.29) is 17.2 Å². The molecule has 1 N–H and O–H groups in total. The number of carbonyl (C=O) groups is 1. The molecule has 1 amide bonds. The summed E-state index contributed by atoms with van der Waals surface area (Å²) in [6.07, 6.45) is 2.12. The molecule has 1 saturated heterocycles. The Morgan fingerprint density at radius 1 is 1.10 bits per heavy atom. The van der Waals surface area contributed by atoms with Crippen LogP contribution in [0.25, 0.3) is 27.6 Å². The first-order valence-electron chi connectivity index (χ1n) is 10.6. The van der Waals surface area contributed by atoms with Crippen molar-refractivity contribution in [3.63, 3.8) is 0 Å². The highest BCUT2D eigenvalue weighted by Crippen LogP contribution is 2.28. The second kappa shape index (κ2) is 7.89. The lowest BCUT2D eigenvalue weighted by molar-refractivity contribution is -0.127. The van der Waals surface area contributed by atoms with Crippen molar-refractivity contribution in [2.75, 3.05) is 18.8 Å². The van der Waals surface area contributed by atoms with Crippen molar-refractivity contribution in [1.82, 2.24) is 19.4 Å². The number of carbonyl (C=O) groups excluding carboxylic acids is 1. The number of hydrogen-bond donors (Lipinski definition) is 1. The van der Waals surface area contributed by atoms with Crippen molar-refractivity contribution < 1.29 is 4.79 Å². The van der Waals surface area contributed by atoms with Crippen LogP contribution in [0.4, 0.5) is 0 Å². The number of hydrogen-bond acceptors (Lipinski definition) is 4. The van der Waals surface area contributed by atoms with Gasteiger partial charge in [0.2, 0.25) is 5.91 Å². The van der Waals surface area contributed by atoms with Gasteiger partial charge in [0.15, 0.2) is 5.16 Å². The molecule has 0 radical (unpaired) electrons. The molecule has 1 aliphatic rings. The van der Waals surface area contributed by atoms with Gasteiger partial charge in [0.05, 0.1) is 11.4 Å². The van der Waals surface area contributed by atoms with Gasteiger partial charge in [-0.05, 0) is 49.9 Å². The normalized spacial score (nSPS) is 14.1. The molecule has 2 aromatic carbocycles. The summed E-state index contributed by atoms with van der Waals surface area (Å²) in [4.78, 5) is 36.4. The number of fused-ring (bicyclic) bond motifs is 3. The number of aryl methyl sites for hydroxylation is 1. The van der Waals surface area contributed by atoms with Crippen LogP contribution in [0.15, 0.2) is 52.4 Å². The largest absolute Gasteiger partial charge is 0.349 e. The van der Waals surface area contributed by atoms with Crippen LogP contribution in [0.3, 0.4) is 0 Å². The summed E-state index contributed by atoms with van der Waals surface area (Å²) in [6.45, 7) is 5.68. The van der Waals surface area contributed by atoms with E-state index in [1.807, 2.05) is 61.2 Å². The van der Waals surface area contributed by atoms with E-state index < -0.39 is 0 Å². The minimum Gasteiger partial charge on any atom is -0.349 e. The van der Waals surface area contributed by atoms with Gasteiger partial charge in [-0.1, -0.05) is 42.1 Å². The number of thioether (sulfide) groups is 1. The van der Waals surface area contributed by atoms with Crippen LogP contribution in [-0.2, 0) is 4.79 Å².